The van der Waals surface area contributed by atoms with E-state index in [9.17, 15) is 0 Å². The maximum Gasteiger partial charge on any atom is 0.164 e. The summed E-state index contributed by atoms with van der Waals surface area (Å²) in [6.45, 7) is 0. The van der Waals surface area contributed by atoms with Crippen molar-refractivity contribution in [2.24, 2.45) is 0 Å². The van der Waals surface area contributed by atoms with Crippen LogP contribution < -0.4 is 0 Å². The Balaban J connectivity index is 1.11. The van der Waals surface area contributed by atoms with Gasteiger partial charge in [-0.1, -0.05) is 103 Å². The first-order chi connectivity index (χ1) is 24.8. The van der Waals surface area contributed by atoms with Gasteiger partial charge in [0.2, 0.25) is 0 Å². The molecule has 0 N–H and O–H groups in total. The van der Waals surface area contributed by atoms with E-state index >= 15 is 0 Å². The molecule has 0 spiro atoms. The van der Waals surface area contributed by atoms with Gasteiger partial charge in [-0.3, -0.25) is 4.98 Å². The molecule has 0 aliphatic heterocycles. The van der Waals surface area contributed by atoms with Crippen molar-refractivity contribution >= 4 is 43.7 Å². The molecule has 4 aromatic heterocycles. The maximum absolute atomic E-state index is 6.15. The van der Waals surface area contributed by atoms with Crippen molar-refractivity contribution in [3.05, 3.63) is 164 Å². The summed E-state index contributed by atoms with van der Waals surface area (Å²) in [4.78, 5) is 19.4. The van der Waals surface area contributed by atoms with Crippen LogP contribution >= 0.6 is 0 Å². The van der Waals surface area contributed by atoms with E-state index in [0.717, 1.165) is 66.5 Å². The molecule has 0 aliphatic rings. The second-order valence-corrected chi connectivity index (χ2v) is 12.4. The summed E-state index contributed by atoms with van der Waals surface area (Å²) < 4.78 is 8.46. The number of para-hydroxylation sites is 2. The van der Waals surface area contributed by atoms with Crippen LogP contribution in [0.3, 0.4) is 0 Å². The summed E-state index contributed by atoms with van der Waals surface area (Å²) in [6, 6.07) is 52.3. The quantitative estimate of drug-likeness (QED) is 0.187. The summed E-state index contributed by atoms with van der Waals surface area (Å²) in [5.41, 5.74) is 9.78. The molecular formula is C44H27N5O. The van der Waals surface area contributed by atoms with Crippen molar-refractivity contribution in [1.82, 2.24) is 24.5 Å². The topological polar surface area (TPSA) is 69.6 Å². The van der Waals surface area contributed by atoms with Gasteiger partial charge in [0.25, 0.3) is 0 Å². The predicted octanol–water partition coefficient (Wildman–Crippen LogP) is 10.9. The van der Waals surface area contributed by atoms with Crippen molar-refractivity contribution in [3.63, 3.8) is 0 Å². The molecular weight excluding hydrogens is 615 g/mol. The Morgan fingerprint density at radius 2 is 0.980 bits per heavy atom. The Morgan fingerprint density at radius 3 is 1.74 bits per heavy atom. The fourth-order valence-electron chi connectivity index (χ4n) is 6.98. The van der Waals surface area contributed by atoms with Crippen LogP contribution in [0.1, 0.15) is 0 Å². The number of pyridine rings is 1. The van der Waals surface area contributed by atoms with Gasteiger partial charge < -0.3 is 8.98 Å². The molecule has 4 heterocycles. The Labute approximate surface area is 287 Å². The molecule has 0 radical (unpaired) electrons. The minimum atomic E-state index is 0.605. The molecule has 6 heteroatoms. The fraction of sp³-hybridized carbons (Fsp3) is 0. The van der Waals surface area contributed by atoms with Gasteiger partial charge in [-0.2, -0.15) is 0 Å². The van der Waals surface area contributed by atoms with Crippen molar-refractivity contribution in [2.75, 3.05) is 0 Å². The second kappa shape index (κ2) is 11.4. The van der Waals surface area contributed by atoms with Gasteiger partial charge >= 0.3 is 0 Å². The van der Waals surface area contributed by atoms with E-state index in [0.29, 0.717) is 17.5 Å². The lowest BCUT2D eigenvalue weighted by Gasteiger charge is -2.12. The molecule has 10 rings (SSSR count). The summed E-state index contributed by atoms with van der Waals surface area (Å²) in [6.07, 6.45) is 3.55. The maximum atomic E-state index is 6.15. The van der Waals surface area contributed by atoms with Gasteiger partial charge in [-0.15, -0.1) is 0 Å². The van der Waals surface area contributed by atoms with Crippen molar-refractivity contribution in [2.45, 2.75) is 0 Å². The van der Waals surface area contributed by atoms with Crippen molar-refractivity contribution < 1.29 is 4.42 Å². The van der Waals surface area contributed by atoms with E-state index in [-0.39, 0.29) is 0 Å². The summed E-state index contributed by atoms with van der Waals surface area (Å²) >= 11 is 0. The molecule has 0 amide bonds. The standard InChI is InChI=1S/C44H27N5O/c1-2-10-28(11-3-1)42-46-43(31-13-8-12-29(24-31)30-20-21-36-37-22-23-45-27-41(37)50-40(36)26-30)48-44(47-42)32-14-9-15-33(25-32)49-38-18-6-4-16-34(38)35-17-5-7-19-39(35)49/h1-27H. The Bertz CT molecular complexity index is 2840. The smallest absolute Gasteiger partial charge is 0.164 e. The molecule has 0 aliphatic carbocycles. The lowest BCUT2D eigenvalue weighted by Crippen LogP contribution is -2.01. The van der Waals surface area contributed by atoms with Gasteiger partial charge in [0.15, 0.2) is 23.1 Å². The Morgan fingerprint density at radius 1 is 0.400 bits per heavy atom. The number of benzene rings is 6. The van der Waals surface area contributed by atoms with E-state index in [1.807, 2.05) is 42.5 Å². The highest BCUT2D eigenvalue weighted by atomic mass is 16.3. The summed E-state index contributed by atoms with van der Waals surface area (Å²) in [5, 5.41) is 4.57. The zero-order chi connectivity index (χ0) is 33.0. The lowest BCUT2D eigenvalue weighted by molar-refractivity contribution is 0.667. The molecule has 0 saturated heterocycles. The van der Waals surface area contributed by atoms with Gasteiger partial charge in [0.05, 0.1) is 17.2 Å². The van der Waals surface area contributed by atoms with Crippen LogP contribution in [0.25, 0.3) is 94.7 Å². The van der Waals surface area contributed by atoms with Gasteiger partial charge in [0.1, 0.15) is 5.58 Å². The monoisotopic (exact) mass is 641 g/mol. The van der Waals surface area contributed by atoms with Gasteiger partial charge in [-0.05, 0) is 59.7 Å². The number of aromatic nitrogens is 5. The number of furan rings is 1. The molecule has 50 heavy (non-hydrogen) atoms. The number of nitrogens with zero attached hydrogens (tertiary/aromatic N) is 5. The first kappa shape index (κ1) is 28.1. The third-order valence-corrected chi connectivity index (χ3v) is 9.34. The van der Waals surface area contributed by atoms with E-state index in [2.05, 4.69) is 119 Å². The third kappa shape index (κ3) is 4.65. The SMILES string of the molecule is c1ccc(-c2nc(-c3cccc(-c4ccc5c(c4)oc4cnccc45)c3)nc(-c3cccc(-n4c5ccccc5c5ccccc54)c3)n2)cc1. The third-order valence-electron chi connectivity index (χ3n) is 9.34. The number of hydrogen-bond donors (Lipinski definition) is 0. The van der Waals surface area contributed by atoms with Gasteiger partial charge in [-0.25, -0.2) is 15.0 Å². The number of rotatable bonds is 5. The van der Waals surface area contributed by atoms with Crippen LogP contribution in [0.5, 0.6) is 0 Å². The van der Waals surface area contributed by atoms with E-state index in [1.54, 1.807) is 12.4 Å². The molecule has 0 bridgehead atoms. The van der Waals surface area contributed by atoms with Crippen LogP contribution in [0, 0.1) is 0 Å². The first-order valence-corrected chi connectivity index (χ1v) is 16.5. The lowest BCUT2D eigenvalue weighted by atomic mass is 10.0. The molecule has 0 fully saturated rings. The van der Waals surface area contributed by atoms with E-state index < -0.39 is 0 Å². The highest BCUT2D eigenvalue weighted by Gasteiger charge is 2.16. The van der Waals surface area contributed by atoms with Crippen molar-refractivity contribution in [1.29, 1.82) is 0 Å². The molecule has 10 aromatic rings. The van der Waals surface area contributed by atoms with Crippen LogP contribution in [-0.4, -0.2) is 24.5 Å². The Kier molecular flexibility index (Phi) is 6.39. The highest BCUT2D eigenvalue weighted by molar-refractivity contribution is 6.09. The summed E-state index contributed by atoms with van der Waals surface area (Å²) in [7, 11) is 0. The average Bonchev–Trinajstić information content (AvgIpc) is 3.74. The second-order valence-electron chi connectivity index (χ2n) is 12.4. The highest BCUT2D eigenvalue weighted by Crippen LogP contribution is 2.35. The molecule has 0 saturated carbocycles. The molecule has 6 nitrogen and oxygen atoms in total. The molecule has 6 aromatic carbocycles. The van der Waals surface area contributed by atoms with Crippen LogP contribution in [0.2, 0.25) is 0 Å². The zero-order valence-corrected chi connectivity index (χ0v) is 26.7. The average molecular weight is 642 g/mol. The molecule has 0 unspecified atom stereocenters. The van der Waals surface area contributed by atoms with E-state index in [1.165, 1.54) is 10.8 Å². The van der Waals surface area contributed by atoms with Crippen molar-refractivity contribution in [3.8, 4) is 51.0 Å². The first-order valence-electron chi connectivity index (χ1n) is 16.5. The van der Waals surface area contributed by atoms with Crippen LogP contribution in [-0.2, 0) is 0 Å². The summed E-state index contributed by atoms with van der Waals surface area (Å²) in [5.74, 6) is 1.84. The molecule has 234 valence electrons. The van der Waals surface area contributed by atoms with E-state index in [4.69, 9.17) is 19.4 Å². The fourth-order valence-corrected chi connectivity index (χ4v) is 6.98. The zero-order valence-electron chi connectivity index (χ0n) is 26.7. The Hall–Kier alpha value is -6.92. The minimum absolute atomic E-state index is 0.605. The number of fused-ring (bicyclic) bond motifs is 6. The normalized spacial score (nSPS) is 11.6. The largest absolute Gasteiger partial charge is 0.454 e. The van der Waals surface area contributed by atoms with Crippen LogP contribution in [0.15, 0.2) is 168 Å². The minimum Gasteiger partial charge on any atom is -0.454 e. The molecule has 0 atom stereocenters. The van der Waals surface area contributed by atoms with Gasteiger partial charge in [0, 0.05) is 50.1 Å². The van der Waals surface area contributed by atoms with Crippen LogP contribution in [0.4, 0.5) is 0 Å². The predicted molar refractivity (Wildman–Crippen MR) is 201 cm³/mol. The number of hydrogen-bond acceptors (Lipinski definition) is 5.